The highest BCUT2D eigenvalue weighted by atomic mass is 19.1. The van der Waals surface area contributed by atoms with Crippen molar-refractivity contribution in [2.75, 3.05) is 0 Å². The van der Waals surface area contributed by atoms with Crippen LogP contribution in [0.3, 0.4) is 0 Å². The minimum absolute atomic E-state index is 0.0402. The zero-order valence-electron chi connectivity index (χ0n) is 18.0. The Hall–Kier alpha value is -4.79. The van der Waals surface area contributed by atoms with Gasteiger partial charge in [-0.2, -0.15) is 0 Å². The van der Waals surface area contributed by atoms with Crippen LogP contribution in [0.2, 0.25) is 0 Å². The number of aromatic amines is 1. The molecular formula is C26H16FN3O5. The number of nitrogens with one attached hydrogen (secondary N) is 1. The third kappa shape index (κ3) is 3.12. The number of furan rings is 1. The molecule has 9 heteroatoms. The highest BCUT2D eigenvalue weighted by molar-refractivity contribution is 6.29. The number of hydrogen-bond donors (Lipinski definition) is 2. The number of fused-ring (bicyclic) bond motifs is 4. The number of benzene rings is 2. The van der Waals surface area contributed by atoms with Crippen LogP contribution in [0.15, 0.2) is 70.1 Å². The van der Waals surface area contributed by atoms with Crippen molar-refractivity contribution in [3.8, 4) is 0 Å². The van der Waals surface area contributed by atoms with Crippen molar-refractivity contribution in [1.29, 1.82) is 0 Å². The second kappa shape index (κ2) is 7.63. The quantitative estimate of drug-likeness (QED) is 0.402. The number of H-pyrrole nitrogens is 1. The lowest BCUT2D eigenvalue weighted by atomic mass is 9.93. The van der Waals surface area contributed by atoms with Crippen molar-refractivity contribution in [3.05, 3.63) is 94.0 Å². The van der Waals surface area contributed by atoms with Gasteiger partial charge in [0.25, 0.3) is 5.56 Å². The molecule has 0 amide bonds. The highest BCUT2D eigenvalue weighted by Crippen LogP contribution is 2.40. The molecule has 2 N–H and O–H groups in total. The van der Waals surface area contributed by atoms with E-state index < -0.39 is 17.3 Å². The van der Waals surface area contributed by atoms with Crippen LogP contribution in [0.5, 0.6) is 0 Å². The maximum atomic E-state index is 15.0. The lowest BCUT2D eigenvalue weighted by molar-refractivity contribution is -0.113. The zero-order chi connectivity index (χ0) is 24.3. The third-order valence-corrected chi connectivity index (χ3v) is 6.17. The number of aromatic carboxylic acids is 1. The van der Waals surface area contributed by atoms with E-state index in [4.69, 9.17) is 4.42 Å². The molecule has 1 aliphatic rings. The van der Waals surface area contributed by atoms with Gasteiger partial charge in [-0.1, -0.05) is 30.4 Å². The van der Waals surface area contributed by atoms with Gasteiger partial charge in [-0.3, -0.25) is 9.59 Å². The van der Waals surface area contributed by atoms with Crippen LogP contribution >= 0.6 is 0 Å². The molecule has 5 aromatic rings. The normalized spacial score (nSPS) is 13.7. The highest BCUT2D eigenvalue weighted by Gasteiger charge is 2.31. The Labute approximate surface area is 195 Å². The molecule has 0 bridgehead atoms. The molecule has 0 saturated heterocycles. The van der Waals surface area contributed by atoms with Gasteiger partial charge in [0.1, 0.15) is 22.8 Å². The van der Waals surface area contributed by atoms with Gasteiger partial charge in [-0.25, -0.2) is 14.2 Å². The van der Waals surface area contributed by atoms with Crippen molar-refractivity contribution >= 4 is 50.2 Å². The number of hydrogen-bond acceptors (Lipinski definition) is 5. The molecule has 3 heterocycles. The molecule has 0 fully saturated rings. The average Bonchev–Trinajstić information content (AvgIpc) is 3.44. The van der Waals surface area contributed by atoms with Gasteiger partial charge in [-0.05, 0) is 24.3 Å². The van der Waals surface area contributed by atoms with Crippen molar-refractivity contribution in [2.45, 2.75) is 13.0 Å². The molecule has 0 atom stereocenters. The first-order valence-corrected chi connectivity index (χ1v) is 10.8. The summed E-state index contributed by atoms with van der Waals surface area (Å²) < 4.78 is 21.9. The van der Waals surface area contributed by atoms with E-state index in [1.807, 2.05) is 0 Å². The molecule has 3 aromatic heterocycles. The molecule has 8 nitrogen and oxygen atoms in total. The van der Waals surface area contributed by atoms with E-state index in [-0.39, 0.29) is 63.1 Å². The predicted octanol–water partition coefficient (Wildman–Crippen LogP) is 4.42. The van der Waals surface area contributed by atoms with E-state index in [1.54, 1.807) is 36.4 Å². The molecule has 0 saturated carbocycles. The number of ketones is 1. The molecule has 1 aliphatic carbocycles. The monoisotopic (exact) mass is 469 g/mol. The molecule has 0 spiro atoms. The number of nitrogens with zero attached hydrogens (tertiary/aromatic N) is 2. The maximum Gasteiger partial charge on any atom is 0.353 e. The van der Waals surface area contributed by atoms with E-state index in [2.05, 4.69) is 9.97 Å². The molecular weight excluding hydrogens is 453 g/mol. The van der Waals surface area contributed by atoms with E-state index >= 15 is 4.39 Å². The number of carboxylic acids is 1. The average molecular weight is 469 g/mol. The van der Waals surface area contributed by atoms with Gasteiger partial charge < -0.3 is 19.1 Å². The zero-order valence-corrected chi connectivity index (χ0v) is 18.0. The number of aromatic nitrogens is 3. The predicted molar refractivity (Wildman–Crippen MR) is 127 cm³/mol. The minimum atomic E-state index is -1.34. The summed E-state index contributed by atoms with van der Waals surface area (Å²) in [6, 6.07) is 9.59. The van der Waals surface area contributed by atoms with Crippen LogP contribution in [0, 0.1) is 5.82 Å². The van der Waals surface area contributed by atoms with E-state index in [0.29, 0.717) is 11.0 Å². The van der Waals surface area contributed by atoms with E-state index in [0.717, 1.165) is 0 Å². The topological polar surface area (TPSA) is 118 Å². The summed E-state index contributed by atoms with van der Waals surface area (Å²) in [4.78, 5) is 45.4. The van der Waals surface area contributed by atoms with Crippen molar-refractivity contribution < 1.29 is 23.5 Å². The van der Waals surface area contributed by atoms with Gasteiger partial charge in [0.05, 0.1) is 40.1 Å². The lowest BCUT2D eigenvalue weighted by Crippen LogP contribution is -2.20. The van der Waals surface area contributed by atoms with Crippen LogP contribution in [-0.4, -0.2) is 31.4 Å². The molecule has 0 aliphatic heterocycles. The Balaban J connectivity index is 1.72. The molecule has 0 radical (unpaired) electrons. The lowest BCUT2D eigenvalue weighted by Gasteiger charge is -2.11. The second-order valence-electron chi connectivity index (χ2n) is 8.20. The Bertz CT molecular complexity index is 1840. The third-order valence-electron chi connectivity index (χ3n) is 6.17. The SMILES string of the molecule is O=C1CC=CC=C1c1c(C(=O)O)n(Cc2nc3ccccc3[nH]c2=O)c2cc(F)c3ccoc3c12. The fourth-order valence-electron chi connectivity index (χ4n) is 4.64. The summed E-state index contributed by atoms with van der Waals surface area (Å²) in [5, 5.41) is 10.7. The number of carboxylic acid groups (broad SMARTS) is 1. The van der Waals surface area contributed by atoms with E-state index in [1.165, 1.54) is 29.0 Å². The van der Waals surface area contributed by atoms with Gasteiger partial charge >= 0.3 is 5.97 Å². The summed E-state index contributed by atoms with van der Waals surface area (Å²) in [5.74, 6) is -2.23. The largest absolute Gasteiger partial charge is 0.477 e. The van der Waals surface area contributed by atoms with Gasteiger partial charge in [0.15, 0.2) is 5.78 Å². The number of rotatable bonds is 4. The van der Waals surface area contributed by atoms with Crippen LogP contribution in [0.4, 0.5) is 4.39 Å². The summed E-state index contributed by atoms with van der Waals surface area (Å²) in [6.07, 6.45) is 6.29. The fourth-order valence-corrected chi connectivity index (χ4v) is 4.64. The second-order valence-corrected chi connectivity index (χ2v) is 8.20. The summed E-state index contributed by atoms with van der Waals surface area (Å²) in [6.45, 7) is -0.263. The van der Waals surface area contributed by atoms with Crippen LogP contribution in [0.1, 0.15) is 28.2 Å². The standard InChI is InChI=1S/C26H16FN3O5/c27-15-11-19-22(24-13(15)9-10-35-24)21(14-5-1-4-8-20(14)31)23(26(33)34)30(19)12-18-25(32)29-17-7-3-2-6-16(17)28-18/h1-7,9-11H,8,12H2,(H,29,32)(H,33,34). The van der Waals surface area contributed by atoms with Crippen LogP contribution in [0.25, 0.3) is 38.5 Å². The van der Waals surface area contributed by atoms with Crippen molar-refractivity contribution in [1.82, 2.24) is 14.5 Å². The maximum absolute atomic E-state index is 15.0. The fraction of sp³-hybridized carbons (Fsp3) is 0.0769. The summed E-state index contributed by atoms with van der Waals surface area (Å²) in [5.41, 5.74) is 0.938. The molecule has 6 rings (SSSR count). The van der Waals surface area contributed by atoms with Gasteiger partial charge in [0.2, 0.25) is 0 Å². The Morgan fingerprint density at radius 1 is 1.23 bits per heavy atom. The Kier molecular flexibility index (Phi) is 4.53. The number of carbonyl (C=O) groups excluding carboxylic acids is 1. The number of halogens is 1. The van der Waals surface area contributed by atoms with Crippen molar-refractivity contribution in [3.63, 3.8) is 0 Å². The first-order chi connectivity index (χ1) is 16.9. The number of Topliss-reactive ketones (excluding diaryl/α,β-unsaturated/α-hetero) is 1. The first kappa shape index (κ1) is 20.8. The van der Waals surface area contributed by atoms with Crippen molar-refractivity contribution in [2.24, 2.45) is 0 Å². The van der Waals surface area contributed by atoms with Crippen LogP contribution in [-0.2, 0) is 11.3 Å². The smallest absolute Gasteiger partial charge is 0.353 e. The van der Waals surface area contributed by atoms with E-state index in [9.17, 15) is 19.5 Å². The molecule has 0 unspecified atom stereocenters. The number of allylic oxidation sites excluding steroid dienone is 4. The minimum Gasteiger partial charge on any atom is -0.477 e. The molecule has 35 heavy (non-hydrogen) atoms. The summed E-state index contributed by atoms with van der Waals surface area (Å²) in [7, 11) is 0. The van der Waals surface area contributed by atoms with Gasteiger partial charge in [-0.15, -0.1) is 0 Å². The molecule has 2 aromatic carbocycles. The van der Waals surface area contributed by atoms with Crippen LogP contribution < -0.4 is 5.56 Å². The number of para-hydroxylation sites is 2. The van der Waals surface area contributed by atoms with Gasteiger partial charge in [0, 0.05) is 17.6 Å². The first-order valence-electron chi connectivity index (χ1n) is 10.8. The summed E-state index contributed by atoms with van der Waals surface area (Å²) >= 11 is 0. The Morgan fingerprint density at radius 2 is 2.06 bits per heavy atom. The number of carbonyl (C=O) groups is 2. The Morgan fingerprint density at radius 3 is 2.86 bits per heavy atom. The molecule has 172 valence electrons.